The van der Waals surface area contributed by atoms with Gasteiger partial charge in [-0.3, -0.25) is 4.98 Å². The number of aryl methyl sites for hydroxylation is 1. The molecule has 4 heteroatoms. The average molecular weight is 210 g/mol. The van der Waals surface area contributed by atoms with Crippen LogP contribution in [0.3, 0.4) is 0 Å². The Morgan fingerprint density at radius 3 is 2.75 bits per heavy atom. The van der Waals surface area contributed by atoms with E-state index in [1.165, 1.54) is 0 Å². The number of aromatic nitrogens is 4. The first-order valence-electron chi connectivity index (χ1n) is 5.06. The van der Waals surface area contributed by atoms with Gasteiger partial charge in [0.2, 0.25) is 0 Å². The van der Waals surface area contributed by atoms with Crippen molar-refractivity contribution in [3.63, 3.8) is 0 Å². The van der Waals surface area contributed by atoms with Gasteiger partial charge in [0.15, 0.2) is 5.65 Å². The summed E-state index contributed by atoms with van der Waals surface area (Å²) in [7, 11) is 0. The molecule has 16 heavy (non-hydrogen) atoms. The van der Waals surface area contributed by atoms with Crippen molar-refractivity contribution in [2.24, 2.45) is 0 Å². The Bertz CT molecular complexity index is 628. The second kappa shape index (κ2) is 3.41. The second-order valence-electron chi connectivity index (χ2n) is 3.64. The van der Waals surface area contributed by atoms with Gasteiger partial charge in [-0.1, -0.05) is 0 Å². The lowest BCUT2D eigenvalue weighted by atomic mass is 10.1. The SMILES string of the molecule is Cc1cc(-c2ccncc2)nn2ccnc12. The highest BCUT2D eigenvalue weighted by atomic mass is 15.2. The maximum Gasteiger partial charge on any atom is 0.156 e. The van der Waals surface area contributed by atoms with Crippen LogP contribution in [0.4, 0.5) is 0 Å². The van der Waals surface area contributed by atoms with E-state index in [1.54, 1.807) is 23.1 Å². The summed E-state index contributed by atoms with van der Waals surface area (Å²) >= 11 is 0. The van der Waals surface area contributed by atoms with E-state index in [1.807, 2.05) is 31.3 Å². The summed E-state index contributed by atoms with van der Waals surface area (Å²) in [5, 5.41) is 4.49. The molecular formula is C12H10N4. The topological polar surface area (TPSA) is 43.1 Å². The molecule has 3 aromatic heterocycles. The molecule has 78 valence electrons. The molecule has 0 aliphatic rings. The second-order valence-corrected chi connectivity index (χ2v) is 3.64. The van der Waals surface area contributed by atoms with Crippen LogP contribution in [-0.4, -0.2) is 19.6 Å². The van der Waals surface area contributed by atoms with Crippen LogP contribution in [0.15, 0.2) is 43.0 Å². The highest BCUT2D eigenvalue weighted by Gasteiger charge is 2.04. The lowest BCUT2D eigenvalue weighted by Gasteiger charge is -2.03. The monoisotopic (exact) mass is 210 g/mol. The highest BCUT2D eigenvalue weighted by molar-refractivity contribution is 5.61. The molecule has 3 aromatic rings. The zero-order valence-electron chi connectivity index (χ0n) is 8.83. The van der Waals surface area contributed by atoms with Crippen LogP contribution < -0.4 is 0 Å². The van der Waals surface area contributed by atoms with Gasteiger partial charge in [-0.15, -0.1) is 0 Å². The molecule has 0 bridgehead atoms. The first kappa shape index (κ1) is 9.03. The van der Waals surface area contributed by atoms with Crippen molar-refractivity contribution in [2.45, 2.75) is 6.92 Å². The van der Waals surface area contributed by atoms with Crippen LogP contribution in [-0.2, 0) is 0 Å². The summed E-state index contributed by atoms with van der Waals surface area (Å²) in [4.78, 5) is 8.24. The average Bonchev–Trinajstić information content (AvgIpc) is 2.79. The number of fused-ring (bicyclic) bond motifs is 1. The third-order valence-corrected chi connectivity index (χ3v) is 2.52. The predicted molar refractivity (Wildman–Crippen MR) is 61.0 cm³/mol. The van der Waals surface area contributed by atoms with Gasteiger partial charge in [0.05, 0.1) is 5.69 Å². The van der Waals surface area contributed by atoms with Crippen LogP contribution in [0.5, 0.6) is 0 Å². The minimum atomic E-state index is 0.901. The van der Waals surface area contributed by atoms with E-state index in [-0.39, 0.29) is 0 Å². The van der Waals surface area contributed by atoms with Gasteiger partial charge < -0.3 is 0 Å². The lowest BCUT2D eigenvalue weighted by Crippen LogP contribution is -1.96. The van der Waals surface area contributed by atoms with E-state index in [9.17, 15) is 0 Å². The van der Waals surface area contributed by atoms with Crippen molar-refractivity contribution in [1.82, 2.24) is 19.6 Å². The van der Waals surface area contributed by atoms with E-state index in [2.05, 4.69) is 15.1 Å². The predicted octanol–water partition coefficient (Wildman–Crippen LogP) is 2.10. The Morgan fingerprint density at radius 1 is 1.12 bits per heavy atom. The molecule has 0 amide bonds. The Labute approximate surface area is 92.6 Å². The maximum atomic E-state index is 4.49. The third kappa shape index (κ3) is 1.35. The van der Waals surface area contributed by atoms with Crippen LogP contribution in [0.25, 0.3) is 16.9 Å². The molecule has 0 atom stereocenters. The molecular weight excluding hydrogens is 200 g/mol. The Hall–Kier alpha value is -2.23. The minimum absolute atomic E-state index is 0.901. The molecule has 0 aromatic carbocycles. The lowest BCUT2D eigenvalue weighted by molar-refractivity contribution is 0.934. The van der Waals surface area contributed by atoms with Gasteiger partial charge in [0, 0.05) is 30.4 Å². The summed E-state index contributed by atoms with van der Waals surface area (Å²) in [5.41, 5.74) is 4.02. The van der Waals surface area contributed by atoms with Crippen LogP contribution >= 0.6 is 0 Å². The van der Waals surface area contributed by atoms with Crippen LogP contribution in [0, 0.1) is 6.92 Å². The fourth-order valence-electron chi connectivity index (χ4n) is 1.74. The summed E-state index contributed by atoms with van der Waals surface area (Å²) in [6.07, 6.45) is 7.15. The molecule has 0 aliphatic heterocycles. The quantitative estimate of drug-likeness (QED) is 0.617. The van der Waals surface area contributed by atoms with Crippen molar-refractivity contribution < 1.29 is 0 Å². The standard InChI is InChI=1S/C12H10N4/c1-9-8-11(10-2-4-13-5-3-10)15-16-7-6-14-12(9)16/h2-8H,1H3. The minimum Gasteiger partial charge on any atom is -0.265 e. The molecule has 0 N–H and O–H groups in total. The zero-order valence-corrected chi connectivity index (χ0v) is 8.83. The van der Waals surface area contributed by atoms with Gasteiger partial charge in [0.25, 0.3) is 0 Å². The highest BCUT2D eigenvalue weighted by Crippen LogP contribution is 2.18. The molecule has 0 fully saturated rings. The fraction of sp³-hybridized carbons (Fsp3) is 0.0833. The van der Waals surface area contributed by atoms with Gasteiger partial charge in [-0.05, 0) is 30.7 Å². The number of hydrogen-bond donors (Lipinski definition) is 0. The normalized spacial score (nSPS) is 10.8. The molecule has 3 heterocycles. The summed E-state index contributed by atoms with van der Waals surface area (Å²) < 4.78 is 1.80. The van der Waals surface area contributed by atoms with Gasteiger partial charge in [-0.25, -0.2) is 9.50 Å². The Balaban J connectivity index is 2.25. The van der Waals surface area contributed by atoms with Crippen molar-refractivity contribution in [3.05, 3.63) is 48.5 Å². The van der Waals surface area contributed by atoms with E-state index >= 15 is 0 Å². The van der Waals surface area contributed by atoms with Crippen LogP contribution in [0.1, 0.15) is 5.56 Å². The number of pyridine rings is 1. The number of hydrogen-bond acceptors (Lipinski definition) is 3. The van der Waals surface area contributed by atoms with E-state index in [0.717, 1.165) is 22.5 Å². The molecule has 0 aliphatic carbocycles. The van der Waals surface area contributed by atoms with Crippen molar-refractivity contribution in [3.8, 4) is 11.3 Å². The van der Waals surface area contributed by atoms with Crippen molar-refractivity contribution in [1.29, 1.82) is 0 Å². The molecule has 4 nitrogen and oxygen atoms in total. The van der Waals surface area contributed by atoms with Crippen molar-refractivity contribution >= 4 is 5.65 Å². The molecule has 0 saturated carbocycles. The summed E-state index contributed by atoms with van der Waals surface area (Å²) in [6, 6.07) is 5.94. The largest absolute Gasteiger partial charge is 0.265 e. The van der Waals surface area contributed by atoms with Gasteiger partial charge in [0.1, 0.15) is 0 Å². The van der Waals surface area contributed by atoms with Crippen LogP contribution in [0.2, 0.25) is 0 Å². The van der Waals surface area contributed by atoms with Gasteiger partial charge in [-0.2, -0.15) is 5.10 Å². The van der Waals surface area contributed by atoms with Crippen molar-refractivity contribution in [2.75, 3.05) is 0 Å². The third-order valence-electron chi connectivity index (χ3n) is 2.52. The maximum absolute atomic E-state index is 4.49. The zero-order chi connectivity index (χ0) is 11.0. The smallest absolute Gasteiger partial charge is 0.156 e. The van der Waals surface area contributed by atoms with E-state index in [4.69, 9.17) is 0 Å². The molecule has 0 radical (unpaired) electrons. The number of nitrogens with zero attached hydrogens (tertiary/aromatic N) is 4. The number of rotatable bonds is 1. The molecule has 0 saturated heterocycles. The van der Waals surface area contributed by atoms with Gasteiger partial charge >= 0.3 is 0 Å². The summed E-state index contributed by atoms with van der Waals surface area (Å²) in [6.45, 7) is 2.04. The molecule has 0 spiro atoms. The molecule has 3 rings (SSSR count). The Morgan fingerprint density at radius 2 is 1.94 bits per heavy atom. The first-order valence-corrected chi connectivity index (χ1v) is 5.06. The first-order chi connectivity index (χ1) is 7.84. The Kier molecular flexibility index (Phi) is 1.93. The number of imidazole rings is 1. The molecule has 0 unspecified atom stereocenters. The fourth-order valence-corrected chi connectivity index (χ4v) is 1.74. The van der Waals surface area contributed by atoms with E-state index in [0.29, 0.717) is 0 Å². The summed E-state index contributed by atoms with van der Waals surface area (Å²) in [5.74, 6) is 0. The van der Waals surface area contributed by atoms with E-state index < -0.39 is 0 Å².